The fourth-order valence-corrected chi connectivity index (χ4v) is 2.92. The minimum Gasteiger partial charge on any atom is -0.450 e. The largest absolute Gasteiger partial charge is 0.450 e. The molecule has 0 aliphatic carbocycles. The van der Waals surface area contributed by atoms with Crippen LogP contribution in [0.3, 0.4) is 0 Å². The van der Waals surface area contributed by atoms with Crippen molar-refractivity contribution >= 4 is 17.5 Å². The molecule has 0 spiro atoms. The van der Waals surface area contributed by atoms with E-state index in [1.807, 2.05) is 6.92 Å². The topological polar surface area (TPSA) is 102 Å². The first kappa shape index (κ1) is 18.6. The fourth-order valence-electron chi connectivity index (χ4n) is 2.92. The lowest BCUT2D eigenvalue weighted by atomic mass is 10.0. The van der Waals surface area contributed by atoms with Crippen LogP contribution >= 0.6 is 0 Å². The number of carbonyl (C=O) groups excluding carboxylic acids is 3. The van der Waals surface area contributed by atoms with Crippen molar-refractivity contribution in [2.75, 3.05) is 0 Å². The van der Waals surface area contributed by atoms with E-state index < -0.39 is 17.9 Å². The monoisotopic (exact) mass is 346 g/mol. The summed E-state index contributed by atoms with van der Waals surface area (Å²) in [5.41, 5.74) is 2.70. The Balaban J connectivity index is 2.24. The minimum absolute atomic E-state index is 0.123. The fraction of sp³-hybridized carbons (Fsp3) is 0.444. The standard InChI is InChI=1S/C18H22N2O5/c1-7-13-15(11(5)25-20-13)18(23)24-12(6)17(22)16-8(2)14(10(4)21)9(3)19-16/h12,19H,7H2,1-6H3. The number of hydrogen-bond donors (Lipinski definition) is 1. The Morgan fingerprint density at radius 1 is 1.20 bits per heavy atom. The van der Waals surface area contributed by atoms with Crippen molar-refractivity contribution in [1.82, 2.24) is 10.1 Å². The maximum absolute atomic E-state index is 12.6. The van der Waals surface area contributed by atoms with Gasteiger partial charge in [0.15, 0.2) is 11.9 Å². The molecule has 0 amide bonds. The van der Waals surface area contributed by atoms with E-state index >= 15 is 0 Å². The Labute approximate surface area is 145 Å². The summed E-state index contributed by atoms with van der Waals surface area (Å²) in [6.07, 6.45) is -0.496. The number of aromatic amines is 1. The number of ketones is 2. The van der Waals surface area contributed by atoms with Crippen molar-refractivity contribution in [1.29, 1.82) is 0 Å². The summed E-state index contributed by atoms with van der Waals surface area (Å²) in [5, 5.41) is 3.81. The summed E-state index contributed by atoms with van der Waals surface area (Å²) >= 11 is 0. The molecule has 25 heavy (non-hydrogen) atoms. The summed E-state index contributed by atoms with van der Waals surface area (Å²) in [7, 11) is 0. The van der Waals surface area contributed by atoms with Gasteiger partial charge in [0.2, 0.25) is 5.78 Å². The van der Waals surface area contributed by atoms with Crippen molar-refractivity contribution in [2.24, 2.45) is 0 Å². The maximum atomic E-state index is 12.6. The quantitative estimate of drug-likeness (QED) is 0.637. The molecule has 0 fully saturated rings. The Morgan fingerprint density at radius 2 is 1.84 bits per heavy atom. The lowest BCUT2D eigenvalue weighted by molar-refractivity contribution is 0.0314. The number of nitrogens with zero attached hydrogens (tertiary/aromatic N) is 1. The number of carbonyl (C=O) groups is 3. The van der Waals surface area contributed by atoms with Gasteiger partial charge in [0, 0.05) is 11.3 Å². The summed E-state index contributed by atoms with van der Waals surface area (Å²) in [6.45, 7) is 9.83. The number of esters is 1. The van der Waals surface area contributed by atoms with Gasteiger partial charge in [0.1, 0.15) is 11.3 Å². The molecule has 0 aliphatic heterocycles. The second-order valence-corrected chi connectivity index (χ2v) is 6.01. The molecule has 0 aliphatic rings. The number of ether oxygens (including phenoxy) is 1. The summed E-state index contributed by atoms with van der Waals surface area (Å²) in [5.74, 6) is -0.812. The highest BCUT2D eigenvalue weighted by Crippen LogP contribution is 2.21. The maximum Gasteiger partial charge on any atom is 0.344 e. The van der Waals surface area contributed by atoms with Crippen molar-refractivity contribution in [3.63, 3.8) is 0 Å². The number of aromatic nitrogens is 2. The smallest absolute Gasteiger partial charge is 0.344 e. The second-order valence-electron chi connectivity index (χ2n) is 6.01. The molecular weight excluding hydrogens is 324 g/mol. The SMILES string of the molecule is CCc1noc(C)c1C(=O)OC(C)C(=O)c1[nH]c(C)c(C(C)=O)c1C. The Kier molecular flexibility index (Phi) is 5.25. The molecule has 0 aromatic carbocycles. The van der Waals surface area contributed by atoms with Gasteiger partial charge in [-0.2, -0.15) is 0 Å². The first-order valence-electron chi connectivity index (χ1n) is 8.09. The average Bonchev–Trinajstić information content (AvgIpc) is 3.05. The molecule has 7 heteroatoms. The third kappa shape index (κ3) is 3.40. The van der Waals surface area contributed by atoms with Crippen molar-refractivity contribution in [2.45, 2.75) is 54.1 Å². The van der Waals surface area contributed by atoms with Gasteiger partial charge in [-0.3, -0.25) is 9.59 Å². The van der Waals surface area contributed by atoms with E-state index in [9.17, 15) is 14.4 Å². The molecule has 7 nitrogen and oxygen atoms in total. The normalized spacial score (nSPS) is 12.1. The lowest BCUT2D eigenvalue weighted by Crippen LogP contribution is -2.26. The highest BCUT2D eigenvalue weighted by atomic mass is 16.5. The predicted octanol–water partition coefficient (Wildman–Crippen LogP) is 3.12. The number of H-pyrrole nitrogens is 1. The number of hydrogen-bond acceptors (Lipinski definition) is 6. The van der Waals surface area contributed by atoms with Crippen LogP contribution in [0.2, 0.25) is 0 Å². The Morgan fingerprint density at radius 3 is 2.36 bits per heavy atom. The molecule has 2 heterocycles. The molecule has 0 radical (unpaired) electrons. The number of nitrogens with one attached hydrogen (secondary N) is 1. The summed E-state index contributed by atoms with van der Waals surface area (Å²) in [6, 6.07) is 0. The highest BCUT2D eigenvalue weighted by molar-refractivity contribution is 6.05. The van der Waals surface area contributed by atoms with Gasteiger partial charge in [-0.05, 0) is 46.6 Å². The van der Waals surface area contributed by atoms with Crippen LogP contribution in [0.25, 0.3) is 0 Å². The molecule has 1 atom stereocenters. The molecule has 2 rings (SSSR count). The van der Waals surface area contributed by atoms with E-state index in [1.54, 1.807) is 20.8 Å². The van der Waals surface area contributed by atoms with E-state index in [1.165, 1.54) is 13.8 Å². The predicted molar refractivity (Wildman–Crippen MR) is 90.1 cm³/mol. The number of Topliss-reactive ketones (excluding diaryl/α,β-unsaturated/α-hetero) is 2. The second kappa shape index (κ2) is 7.04. The van der Waals surface area contributed by atoms with Crippen LogP contribution < -0.4 is 0 Å². The van der Waals surface area contributed by atoms with Crippen LogP contribution in [0.4, 0.5) is 0 Å². The molecule has 134 valence electrons. The van der Waals surface area contributed by atoms with Gasteiger partial charge < -0.3 is 14.2 Å². The molecule has 2 aromatic rings. The highest BCUT2D eigenvalue weighted by Gasteiger charge is 2.28. The average molecular weight is 346 g/mol. The third-order valence-corrected chi connectivity index (χ3v) is 4.16. The van der Waals surface area contributed by atoms with Gasteiger partial charge in [-0.25, -0.2) is 4.79 Å². The first-order valence-corrected chi connectivity index (χ1v) is 8.09. The van der Waals surface area contributed by atoms with Gasteiger partial charge in [-0.1, -0.05) is 12.1 Å². The van der Waals surface area contributed by atoms with E-state index in [0.29, 0.717) is 34.7 Å². The Hall–Kier alpha value is -2.70. The molecule has 1 unspecified atom stereocenters. The number of rotatable bonds is 6. The van der Waals surface area contributed by atoms with Crippen LogP contribution in [-0.4, -0.2) is 33.8 Å². The minimum atomic E-state index is -1.01. The van der Waals surface area contributed by atoms with Crippen LogP contribution in [0.15, 0.2) is 4.52 Å². The van der Waals surface area contributed by atoms with Crippen LogP contribution in [0.5, 0.6) is 0 Å². The zero-order valence-electron chi connectivity index (χ0n) is 15.3. The van der Waals surface area contributed by atoms with Crippen molar-refractivity contribution < 1.29 is 23.6 Å². The van der Waals surface area contributed by atoms with Crippen LogP contribution in [0, 0.1) is 20.8 Å². The van der Waals surface area contributed by atoms with Crippen molar-refractivity contribution in [3.05, 3.63) is 39.5 Å². The zero-order valence-corrected chi connectivity index (χ0v) is 15.3. The van der Waals surface area contributed by atoms with E-state index in [-0.39, 0.29) is 17.0 Å². The molecule has 0 saturated carbocycles. The van der Waals surface area contributed by atoms with Gasteiger partial charge in [-0.15, -0.1) is 0 Å². The molecule has 1 N–H and O–H groups in total. The van der Waals surface area contributed by atoms with Crippen LogP contribution in [0.1, 0.15) is 74.7 Å². The van der Waals surface area contributed by atoms with E-state index in [4.69, 9.17) is 9.26 Å². The van der Waals surface area contributed by atoms with E-state index in [2.05, 4.69) is 10.1 Å². The third-order valence-electron chi connectivity index (χ3n) is 4.16. The van der Waals surface area contributed by atoms with E-state index in [0.717, 1.165) is 0 Å². The Bertz CT molecular complexity index is 844. The first-order chi connectivity index (χ1) is 11.7. The van der Waals surface area contributed by atoms with Crippen molar-refractivity contribution in [3.8, 4) is 0 Å². The number of aryl methyl sites for hydroxylation is 3. The summed E-state index contributed by atoms with van der Waals surface area (Å²) in [4.78, 5) is 39.6. The zero-order chi connectivity index (χ0) is 18.9. The van der Waals surface area contributed by atoms with Gasteiger partial charge >= 0.3 is 5.97 Å². The van der Waals surface area contributed by atoms with Gasteiger partial charge in [0.05, 0.1) is 11.4 Å². The molecule has 0 saturated heterocycles. The molecular formula is C18H22N2O5. The van der Waals surface area contributed by atoms with Gasteiger partial charge in [0.25, 0.3) is 0 Å². The molecule has 2 aromatic heterocycles. The van der Waals surface area contributed by atoms with Crippen LogP contribution in [-0.2, 0) is 11.2 Å². The summed E-state index contributed by atoms with van der Waals surface area (Å²) < 4.78 is 10.3. The lowest BCUT2D eigenvalue weighted by Gasteiger charge is -2.12. The molecule has 0 bridgehead atoms.